The first-order valence-electron chi connectivity index (χ1n) is 4.99. The lowest BCUT2D eigenvalue weighted by Gasteiger charge is -2.27. The third-order valence-electron chi connectivity index (χ3n) is 2.94. The SMILES string of the molecule is CC(=O)c1c(Cl)cccc1C1CCC1. The normalized spacial score (nSPS) is 16.4. The van der Waals surface area contributed by atoms with Gasteiger partial charge in [0.05, 0.1) is 5.02 Å². The first-order chi connectivity index (χ1) is 6.70. The fraction of sp³-hybridized carbons (Fsp3) is 0.417. The van der Waals surface area contributed by atoms with Crippen LogP contribution >= 0.6 is 11.6 Å². The molecule has 0 spiro atoms. The second kappa shape index (κ2) is 3.74. The van der Waals surface area contributed by atoms with Crippen molar-refractivity contribution in [3.8, 4) is 0 Å². The van der Waals surface area contributed by atoms with E-state index in [2.05, 4.69) is 0 Å². The van der Waals surface area contributed by atoms with Gasteiger partial charge in [0.25, 0.3) is 0 Å². The molecule has 1 saturated carbocycles. The molecule has 0 saturated heterocycles. The molecule has 0 aromatic heterocycles. The van der Waals surface area contributed by atoms with Gasteiger partial charge in [-0.2, -0.15) is 0 Å². The smallest absolute Gasteiger partial charge is 0.161 e. The van der Waals surface area contributed by atoms with Crippen LogP contribution in [0.15, 0.2) is 18.2 Å². The Morgan fingerprint density at radius 3 is 2.64 bits per heavy atom. The summed E-state index contributed by atoms with van der Waals surface area (Å²) in [7, 11) is 0. The molecule has 1 aliphatic rings. The summed E-state index contributed by atoms with van der Waals surface area (Å²) in [6, 6.07) is 5.76. The monoisotopic (exact) mass is 208 g/mol. The predicted molar refractivity (Wildman–Crippen MR) is 58.0 cm³/mol. The predicted octanol–water partition coefficient (Wildman–Crippen LogP) is 3.81. The van der Waals surface area contributed by atoms with Crippen molar-refractivity contribution in [2.24, 2.45) is 0 Å². The summed E-state index contributed by atoms with van der Waals surface area (Å²) >= 11 is 6.03. The summed E-state index contributed by atoms with van der Waals surface area (Å²) in [5.74, 6) is 0.644. The number of carbonyl (C=O) groups is 1. The van der Waals surface area contributed by atoms with Crippen LogP contribution in [0.2, 0.25) is 5.02 Å². The third kappa shape index (κ3) is 1.57. The summed E-state index contributed by atoms with van der Waals surface area (Å²) in [6.07, 6.45) is 3.66. The van der Waals surface area contributed by atoms with Crippen molar-refractivity contribution in [1.82, 2.24) is 0 Å². The van der Waals surface area contributed by atoms with Gasteiger partial charge >= 0.3 is 0 Å². The molecule has 0 N–H and O–H groups in total. The minimum atomic E-state index is 0.0810. The van der Waals surface area contributed by atoms with E-state index in [1.807, 2.05) is 12.1 Å². The Bertz CT molecular complexity index is 367. The quantitative estimate of drug-likeness (QED) is 0.676. The Labute approximate surface area is 89.1 Å². The van der Waals surface area contributed by atoms with Gasteiger partial charge in [0, 0.05) is 5.56 Å². The average Bonchev–Trinajstić information content (AvgIpc) is 1.99. The van der Waals surface area contributed by atoms with E-state index >= 15 is 0 Å². The number of ketones is 1. The highest BCUT2D eigenvalue weighted by Crippen LogP contribution is 2.39. The minimum Gasteiger partial charge on any atom is -0.294 e. The molecule has 0 bridgehead atoms. The Morgan fingerprint density at radius 2 is 2.14 bits per heavy atom. The fourth-order valence-corrected chi connectivity index (χ4v) is 2.29. The van der Waals surface area contributed by atoms with Crippen LogP contribution in [0.3, 0.4) is 0 Å². The molecule has 0 radical (unpaired) electrons. The standard InChI is InChI=1S/C12H13ClO/c1-8(14)12-10(9-4-2-5-9)6-3-7-11(12)13/h3,6-7,9H,2,4-5H2,1H3. The summed E-state index contributed by atoms with van der Waals surface area (Å²) in [5.41, 5.74) is 1.88. The molecule has 1 aliphatic carbocycles. The lowest BCUT2D eigenvalue weighted by atomic mass is 9.78. The topological polar surface area (TPSA) is 17.1 Å². The third-order valence-corrected chi connectivity index (χ3v) is 3.26. The number of rotatable bonds is 2. The number of benzene rings is 1. The van der Waals surface area contributed by atoms with Crippen LogP contribution in [0, 0.1) is 0 Å². The molecule has 14 heavy (non-hydrogen) atoms. The average molecular weight is 209 g/mol. The van der Waals surface area contributed by atoms with Gasteiger partial charge < -0.3 is 0 Å². The van der Waals surface area contributed by atoms with Crippen molar-refractivity contribution in [3.63, 3.8) is 0 Å². The summed E-state index contributed by atoms with van der Waals surface area (Å²) in [4.78, 5) is 11.4. The van der Waals surface area contributed by atoms with Gasteiger partial charge in [-0.05, 0) is 37.3 Å². The van der Waals surface area contributed by atoms with Crippen LogP contribution in [0.5, 0.6) is 0 Å². The maximum absolute atomic E-state index is 11.4. The Hall–Kier alpha value is -0.820. The van der Waals surface area contributed by atoms with Crippen molar-refractivity contribution in [2.45, 2.75) is 32.1 Å². The van der Waals surface area contributed by atoms with Gasteiger partial charge in [0.2, 0.25) is 0 Å². The van der Waals surface area contributed by atoms with Crippen LogP contribution in [-0.2, 0) is 0 Å². The molecule has 0 aliphatic heterocycles. The molecule has 1 aromatic rings. The molecule has 2 rings (SSSR count). The number of hydrogen-bond acceptors (Lipinski definition) is 1. The molecule has 0 unspecified atom stereocenters. The maximum atomic E-state index is 11.4. The van der Waals surface area contributed by atoms with Crippen LogP contribution in [0.25, 0.3) is 0 Å². The van der Waals surface area contributed by atoms with E-state index < -0.39 is 0 Å². The van der Waals surface area contributed by atoms with E-state index in [1.54, 1.807) is 13.0 Å². The molecular formula is C12H13ClO. The Morgan fingerprint density at radius 1 is 1.43 bits per heavy atom. The number of halogens is 1. The van der Waals surface area contributed by atoms with Gasteiger partial charge in [-0.25, -0.2) is 0 Å². The fourth-order valence-electron chi connectivity index (χ4n) is 1.97. The molecule has 0 amide bonds. The van der Waals surface area contributed by atoms with Gasteiger partial charge in [-0.1, -0.05) is 30.2 Å². The number of Topliss-reactive ketones (excluding diaryl/α,β-unsaturated/α-hetero) is 1. The van der Waals surface area contributed by atoms with Crippen LogP contribution in [0.1, 0.15) is 48.0 Å². The van der Waals surface area contributed by atoms with Crippen LogP contribution in [-0.4, -0.2) is 5.78 Å². The molecule has 0 heterocycles. The molecule has 1 aromatic carbocycles. The van der Waals surface area contributed by atoms with Gasteiger partial charge in [-0.3, -0.25) is 4.79 Å². The van der Waals surface area contributed by atoms with Crippen molar-refractivity contribution in [3.05, 3.63) is 34.3 Å². The minimum absolute atomic E-state index is 0.0810. The number of carbonyl (C=O) groups excluding carboxylic acids is 1. The zero-order valence-electron chi connectivity index (χ0n) is 8.22. The highest BCUT2D eigenvalue weighted by atomic mass is 35.5. The highest BCUT2D eigenvalue weighted by Gasteiger charge is 2.24. The first kappa shape index (κ1) is 9.72. The van der Waals surface area contributed by atoms with Crippen molar-refractivity contribution >= 4 is 17.4 Å². The van der Waals surface area contributed by atoms with Gasteiger partial charge in [0.15, 0.2) is 5.78 Å². The van der Waals surface area contributed by atoms with E-state index in [-0.39, 0.29) is 5.78 Å². The summed E-state index contributed by atoms with van der Waals surface area (Å²) < 4.78 is 0. The molecule has 1 fully saturated rings. The Balaban J connectivity index is 2.46. The second-order valence-electron chi connectivity index (χ2n) is 3.89. The van der Waals surface area contributed by atoms with Crippen molar-refractivity contribution < 1.29 is 4.79 Å². The zero-order chi connectivity index (χ0) is 10.1. The largest absolute Gasteiger partial charge is 0.294 e. The maximum Gasteiger partial charge on any atom is 0.161 e. The van der Waals surface area contributed by atoms with E-state index in [1.165, 1.54) is 19.3 Å². The summed E-state index contributed by atoms with van der Waals surface area (Å²) in [6.45, 7) is 1.59. The first-order valence-corrected chi connectivity index (χ1v) is 5.37. The van der Waals surface area contributed by atoms with Gasteiger partial charge in [0.1, 0.15) is 0 Å². The molecule has 74 valence electrons. The van der Waals surface area contributed by atoms with Crippen LogP contribution < -0.4 is 0 Å². The lowest BCUT2D eigenvalue weighted by molar-refractivity contribution is 0.101. The molecule has 0 atom stereocenters. The van der Waals surface area contributed by atoms with E-state index in [0.717, 1.165) is 11.1 Å². The van der Waals surface area contributed by atoms with Crippen molar-refractivity contribution in [1.29, 1.82) is 0 Å². The zero-order valence-corrected chi connectivity index (χ0v) is 8.97. The molecule has 1 nitrogen and oxygen atoms in total. The van der Waals surface area contributed by atoms with Gasteiger partial charge in [-0.15, -0.1) is 0 Å². The summed E-state index contributed by atoms with van der Waals surface area (Å²) in [5, 5.41) is 0.599. The lowest BCUT2D eigenvalue weighted by Crippen LogP contribution is -2.13. The number of hydrogen-bond donors (Lipinski definition) is 0. The second-order valence-corrected chi connectivity index (χ2v) is 4.30. The Kier molecular flexibility index (Phi) is 2.60. The molecular weight excluding hydrogens is 196 g/mol. The van der Waals surface area contributed by atoms with Crippen molar-refractivity contribution in [2.75, 3.05) is 0 Å². The van der Waals surface area contributed by atoms with Crippen LogP contribution in [0.4, 0.5) is 0 Å². The van der Waals surface area contributed by atoms with E-state index in [9.17, 15) is 4.79 Å². The van der Waals surface area contributed by atoms with E-state index in [0.29, 0.717) is 10.9 Å². The molecule has 2 heteroatoms. The van der Waals surface area contributed by atoms with E-state index in [4.69, 9.17) is 11.6 Å². The highest BCUT2D eigenvalue weighted by molar-refractivity contribution is 6.34.